The number of thiophene rings is 1. The summed E-state index contributed by atoms with van der Waals surface area (Å²) in [5, 5.41) is 4.79. The van der Waals surface area contributed by atoms with Gasteiger partial charge in [0.05, 0.1) is 5.92 Å². The fourth-order valence-corrected chi connectivity index (χ4v) is 6.73. The molecule has 0 unspecified atom stereocenters. The molecule has 2 aliphatic rings. The Morgan fingerprint density at radius 3 is 2.81 bits per heavy atom. The van der Waals surface area contributed by atoms with Gasteiger partial charge in [-0.25, -0.2) is 8.42 Å². The Balaban J connectivity index is 1.43. The predicted molar refractivity (Wildman–Crippen MR) is 108 cm³/mol. The highest BCUT2D eigenvalue weighted by atomic mass is 32.2. The fourth-order valence-electron chi connectivity index (χ4n) is 4.06. The van der Waals surface area contributed by atoms with E-state index >= 15 is 0 Å². The van der Waals surface area contributed by atoms with Crippen LogP contribution in [0, 0.1) is 11.8 Å². The highest BCUT2D eigenvalue weighted by molar-refractivity contribution is 7.91. The monoisotopic (exact) mass is 413 g/mol. The lowest BCUT2D eigenvalue weighted by atomic mass is 9.99. The second kappa shape index (κ2) is 9.49. The summed E-state index contributed by atoms with van der Waals surface area (Å²) in [5.74, 6) is 0.517. The van der Waals surface area contributed by atoms with Crippen LogP contribution in [0.5, 0.6) is 0 Å². The van der Waals surface area contributed by atoms with E-state index in [2.05, 4.69) is 17.1 Å². The number of hydrogen-bond donors (Lipinski definition) is 1. The number of hydrogen-bond acceptors (Lipinski definition) is 5. The van der Waals surface area contributed by atoms with Gasteiger partial charge >= 0.3 is 0 Å². The molecular formula is C19H31N3O3S2. The van der Waals surface area contributed by atoms with Gasteiger partial charge in [0.2, 0.25) is 5.91 Å². The summed E-state index contributed by atoms with van der Waals surface area (Å²) in [4.78, 5) is 15.0. The molecule has 1 aromatic rings. The van der Waals surface area contributed by atoms with E-state index in [9.17, 15) is 13.2 Å². The molecule has 27 heavy (non-hydrogen) atoms. The first-order chi connectivity index (χ1) is 13.0. The van der Waals surface area contributed by atoms with Crippen molar-refractivity contribution >= 4 is 27.3 Å². The van der Waals surface area contributed by atoms with Gasteiger partial charge in [0, 0.05) is 26.2 Å². The fraction of sp³-hybridized carbons (Fsp3) is 0.737. The summed E-state index contributed by atoms with van der Waals surface area (Å²) >= 11 is 1.23. The molecule has 6 nitrogen and oxygen atoms in total. The number of amides is 1. The molecule has 0 saturated carbocycles. The molecule has 1 aromatic heterocycles. The van der Waals surface area contributed by atoms with Crippen molar-refractivity contribution in [2.75, 3.05) is 39.3 Å². The molecule has 2 aliphatic heterocycles. The number of nitrogens with zero attached hydrogens (tertiary/aromatic N) is 2. The molecule has 2 saturated heterocycles. The van der Waals surface area contributed by atoms with E-state index in [-0.39, 0.29) is 18.4 Å². The van der Waals surface area contributed by atoms with Crippen molar-refractivity contribution < 1.29 is 13.2 Å². The minimum absolute atomic E-state index is 0.00640. The first kappa shape index (κ1) is 20.8. The van der Waals surface area contributed by atoms with Gasteiger partial charge in [-0.3, -0.25) is 4.79 Å². The second-order valence-electron chi connectivity index (χ2n) is 7.83. The molecule has 3 heterocycles. The Hall–Kier alpha value is -0.960. The molecule has 1 amide bonds. The molecule has 0 radical (unpaired) electrons. The molecule has 0 bridgehead atoms. The Kier molecular flexibility index (Phi) is 7.30. The zero-order valence-electron chi connectivity index (χ0n) is 16.1. The van der Waals surface area contributed by atoms with Crippen LogP contribution in [0.15, 0.2) is 21.7 Å². The largest absolute Gasteiger partial charge is 0.356 e. The quantitative estimate of drug-likeness (QED) is 0.697. The SMILES string of the molecule is C[C@@H]1CCCN(CCCNC(=O)[C@@H]2CCCN(S(=O)(=O)c3cccs3)C2)C1. The highest BCUT2D eigenvalue weighted by Crippen LogP contribution is 2.26. The molecular weight excluding hydrogens is 382 g/mol. The summed E-state index contributed by atoms with van der Waals surface area (Å²) in [6, 6.07) is 3.37. The van der Waals surface area contributed by atoms with Gasteiger partial charge in [-0.15, -0.1) is 11.3 Å². The third-order valence-corrected chi connectivity index (χ3v) is 8.77. The summed E-state index contributed by atoms with van der Waals surface area (Å²) < 4.78 is 27.2. The van der Waals surface area contributed by atoms with Crippen molar-refractivity contribution in [2.45, 2.75) is 43.2 Å². The topological polar surface area (TPSA) is 69.7 Å². The minimum Gasteiger partial charge on any atom is -0.356 e. The zero-order chi connectivity index (χ0) is 19.3. The number of nitrogens with one attached hydrogen (secondary N) is 1. The lowest BCUT2D eigenvalue weighted by molar-refractivity contribution is -0.126. The third kappa shape index (κ3) is 5.53. The zero-order valence-corrected chi connectivity index (χ0v) is 17.7. The number of carbonyl (C=O) groups is 1. The Bertz CT molecular complexity index is 706. The van der Waals surface area contributed by atoms with Gasteiger partial charge in [0.1, 0.15) is 4.21 Å². The first-order valence-corrected chi connectivity index (χ1v) is 12.3. The van der Waals surface area contributed by atoms with Crippen LogP contribution in [-0.2, 0) is 14.8 Å². The van der Waals surface area contributed by atoms with Crippen LogP contribution in [0.1, 0.15) is 39.0 Å². The van der Waals surface area contributed by atoms with Crippen molar-refractivity contribution in [3.05, 3.63) is 17.5 Å². The standard InChI is InChI=1S/C19H31N3O3S2/c1-16-6-2-10-21(14-16)11-5-9-20-19(23)17-7-3-12-22(15-17)27(24,25)18-8-4-13-26-18/h4,8,13,16-17H,2-3,5-7,9-12,14-15H2,1H3,(H,20,23)/t16-,17-/m1/s1. The Labute approximate surface area is 167 Å². The maximum Gasteiger partial charge on any atom is 0.252 e. The van der Waals surface area contributed by atoms with Gasteiger partial charge < -0.3 is 10.2 Å². The van der Waals surface area contributed by atoms with Crippen molar-refractivity contribution in [3.63, 3.8) is 0 Å². The van der Waals surface area contributed by atoms with Crippen molar-refractivity contribution in [1.82, 2.24) is 14.5 Å². The lowest BCUT2D eigenvalue weighted by Gasteiger charge is -2.31. The molecule has 0 aromatic carbocycles. The van der Waals surface area contributed by atoms with Crippen LogP contribution in [-0.4, -0.2) is 62.8 Å². The van der Waals surface area contributed by atoms with E-state index in [1.165, 1.54) is 28.5 Å². The molecule has 2 atom stereocenters. The van der Waals surface area contributed by atoms with Crippen molar-refractivity contribution in [2.24, 2.45) is 11.8 Å². The normalized spacial score (nSPS) is 25.4. The molecule has 1 N–H and O–H groups in total. The Morgan fingerprint density at radius 1 is 1.26 bits per heavy atom. The summed E-state index contributed by atoms with van der Waals surface area (Å²) in [6.45, 7) is 7.09. The third-order valence-electron chi connectivity index (χ3n) is 5.54. The molecule has 3 rings (SSSR count). The van der Waals surface area contributed by atoms with Crippen LogP contribution in [0.25, 0.3) is 0 Å². The van der Waals surface area contributed by atoms with Gasteiger partial charge in [-0.2, -0.15) is 4.31 Å². The van der Waals surface area contributed by atoms with Gasteiger partial charge in [-0.05, 0) is 62.6 Å². The molecule has 2 fully saturated rings. The number of rotatable bonds is 7. The van der Waals surface area contributed by atoms with E-state index in [0.717, 1.165) is 44.8 Å². The molecule has 8 heteroatoms. The van der Waals surface area contributed by atoms with Crippen LogP contribution in [0.4, 0.5) is 0 Å². The Morgan fingerprint density at radius 2 is 2.07 bits per heavy atom. The average molecular weight is 414 g/mol. The van der Waals surface area contributed by atoms with Crippen LogP contribution in [0.2, 0.25) is 0 Å². The van der Waals surface area contributed by atoms with E-state index in [1.54, 1.807) is 17.5 Å². The maximum atomic E-state index is 12.7. The van der Waals surface area contributed by atoms with E-state index in [1.807, 2.05) is 0 Å². The van der Waals surface area contributed by atoms with Crippen molar-refractivity contribution in [1.29, 1.82) is 0 Å². The van der Waals surface area contributed by atoms with Crippen LogP contribution < -0.4 is 5.32 Å². The average Bonchev–Trinajstić information content (AvgIpc) is 3.21. The van der Waals surface area contributed by atoms with E-state index in [4.69, 9.17) is 0 Å². The molecule has 0 aliphatic carbocycles. The molecule has 0 spiro atoms. The smallest absolute Gasteiger partial charge is 0.252 e. The van der Waals surface area contributed by atoms with Gasteiger partial charge in [-0.1, -0.05) is 13.0 Å². The highest BCUT2D eigenvalue weighted by Gasteiger charge is 2.33. The number of sulfonamides is 1. The van der Waals surface area contributed by atoms with E-state index < -0.39 is 10.0 Å². The van der Waals surface area contributed by atoms with Gasteiger partial charge in [0.15, 0.2) is 0 Å². The summed E-state index contributed by atoms with van der Waals surface area (Å²) in [7, 11) is -3.46. The minimum atomic E-state index is -3.46. The van der Waals surface area contributed by atoms with Crippen molar-refractivity contribution in [3.8, 4) is 0 Å². The maximum absolute atomic E-state index is 12.7. The van der Waals surface area contributed by atoms with Crippen LogP contribution in [0.3, 0.4) is 0 Å². The predicted octanol–water partition coefficient (Wildman–Crippen LogP) is 2.39. The van der Waals surface area contributed by atoms with E-state index in [0.29, 0.717) is 17.3 Å². The lowest BCUT2D eigenvalue weighted by Crippen LogP contribution is -2.45. The first-order valence-electron chi connectivity index (χ1n) is 10.0. The van der Waals surface area contributed by atoms with Gasteiger partial charge in [0.25, 0.3) is 10.0 Å². The number of piperidine rings is 2. The number of likely N-dealkylation sites (tertiary alicyclic amines) is 1. The summed E-state index contributed by atoms with van der Waals surface area (Å²) in [5.41, 5.74) is 0. The summed E-state index contributed by atoms with van der Waals surface area (Å²) in [6.07, 6.45) is 5.02. The van der Waals surface area contributed by atoms with Crippen LogP contribution >= 0.6 is 11.3 Å². The number of carbonyl (C=O) groups excluding carboxylic acids is 1. The second-order valence-corrected chi connectivity index (χ2v) is 10.9. The molecule has 152 valence electrons.